The molecule has 0 amide bonds. The van der Waals surface area contributed by atoms with Crippen LogP contribution in [0.15, 0.2) is 36.4 Å². The van der Waals surface area contributed by atoms with Crippen LogP contribution in [0.4, 0.5) is 0 Å². The van der Waals surface area contributed by atoms with E-state index in [9.17, 15) is 9.59 Å². The monoisotopic (exact) mass is 504 g/mol. The molecule has 10 heteroatoms. The van der Waals surface area contributed by atoms with Crippen molar-refractivity contribution in [3.8, 4) is 23.0 Å². The maximum absolute atomic E-state index is 13.2. The zero-order chi connectivity index (χ0) is 27.3. The summed E-state index contributed by atoms with van der Waals surface area (Å²) in [4.78, 5) is 26.5. The van der Waals surface area contributed by atoms with Gasteiger partial charge in [-0.25, -0.2) is 9.59 Å². The number of carbonyl (C=O) groups excluding carboxylic acids is 2. The quantitative estimate of drug-likeness (QED) is 0.346. The van der Waals surface area contributed by atoms with E-state index in [4.69, 9.17) is 39.9 Å². The van der Waals surface area contributed by atoms with E-state index in [-0.39, 0.29) is 0 Å². The Bertz CT molecular complexity index is 971. The lowest BCUT2D eigenvalue weighted by molar-refractivity contribution is -0.179. The molecule has 0 aliphatic carbocycles. The first kappa shape index (κ1) is 28.7. The van der Waals surface area contributed by atoms with Crippen molar-refractivity contribution in [1.29, 1.82) is 0 Å². The minimum absolute atomic E-state index is 0.501. The molecule has 0 aromatic heterocycles. The molecule has 2 rings (SSSR count). The van der Waals surface area contributed by atoms with Crippen molar-refractivity contribution in [3.05, 3.63) is 47.5 Å². The molecule has 0 aliphatic heterocycles. The molecule has 0 bridgehead atoms. The summed E-state index contributed by atoms with van der Waals surface area (Å²) in [7, 11) is 6.03. The van der Waals surface area contributed by atoms with E-state index in [2.05, 4.69) is 0 Å². The second-order valence-electron chi connectivity index (χ2n) is 9.18. The highest BCUT2D eigenvalue weighted by Crippen LogP contribution is 2.35. The zero-order valence-electron chi connectivity index (χ0n) is 22.1. The van der Waals surface area contributed by atoms with Crippen molar-refractivity contribution in [2.75, 3.05) is 35.0 Å². The molecule has 2 aromatic rings. The Morgan fingerprint density at radius 1 is 0.639 bits per heavy atom. The lowest BCUT2D eigenvalue weighted by Crippen LogP contribution is -2.63. The topological polar surface area (TPSA) is 142 Å². The summed E-state index contributed by atoms with van der Waals surface area (Å²) in [6.45, 7) is 6.04. The highest BCUT2D eigenvalue weighted by molar-refractivity contribution is 6.05. The van der Waals surface area contributed by atoms with E-state index in [0.29, 0.717) is 34.1 Å². The first-order valence-electron chi connectivity index (χ1n) is 11.2. The van der Waals surface area contributed by atoms with E-state index in [1.54, 1.807) is 64.1 Å². The second-order valence-corrected chi connectivity index (χ2v) is 9.18. The van der Waals surface area contributed by atoms with Crippen molar-refractivity contribution >= 4 is 11.9 Å². The predicted octanol–water partition coefficient (Wildman–Crippen LogP) is 2.63. The fourth-order valence-corrected chi connectivity index (χ4v) is 3.32. The Morgan fingerprint density at radius 2 is 0.917 bits per heavy atom. The van der Waals surface area contributed by atoms with Crippen LogP contribution in [0.3, 0.4) is 0 Å². The zero-order valence-corrected chi connectivity index (χ0v) is 22.1. The minimum atomic E-state index is -2.26. The van der Waals surface area contributed by atoms with Gasteiger partial charge in [0.1, 0.15) is 34.2 Å². The van der Waals surface area contributed by atoms with Crippen molar-refractivity contribution in [3.63, 3.8) is 0 Å². The molecule has 0 fully saturated rings. The molecule has 198 valence electrons. The Morgan fingerprint density at radius 3 is 1.14 bits per heavy atom. The average molecular weight is 505 g/mol. The third-order valence-corrected chi connectivity index (χ3v) is 5.84. The molecule has 0 saturated carbocycles. The van der Waals surface area contributed by atoms with Gasteiger partial charge in [-0.15, -0.1) is 0 Å². The van der Waals surface area contributed by atoms with Crippen LogP contribution in [0.1, 0.15) is 38.8 Å². The van der Waals surface area contributed by atoms with Crippen LogP contribution in [-0.4, -0.2) is 52.5 Å². The van der Waals surface area contributed by atoms with Crippen molar-refractivity contribution in [1.82, 2.24) is 0 Å². The molecule has 0 saturated heterocycles. The maximum Gasteiger partial charge on any atom is 0.340 e. The maximum atomic E-state index is 13.2. The first-order chi connectivity index (χ1) is 16.8. The standard InChI is InChI=1S/C26H36N2O8/c1-24(2,16-9-18(31-5)13-19(10-16)32-6)35-22(29)26(28,15-27)23(30)36-25(3,4)17-11-20(33-7)14-21(12-17)34-8/h9-14H,15,27-28H2,1-8H3. The molecule has 0 spiro atoms. The Hall–Kier alpha value is -3.50. The Labute approximate surface area is 211 Å². The van der Waals surface area contributed by atoms with Crippen molar-refractivity contribution < 1.29 is 38.0 Å². The summed E-state index contributed by atoms with van der Waals surface area (Å²) in [5.41, 5.74) is 8.43. The summed E-state index contributed by atoms with van der Waals surface area (Å²) in [6.07, 6.45) is 0. The number of ether oxygens (including phenoxy) is 6. The molecular formula is C26H36N2O8. The number of carbonyl (C=O) groups is 2. The van der Waals surface area contributed by atoms with E-state index in [1.807, 2.05) is 0 Å². The van der Waals surface area contributed by atoms with E-state index in [0.717, 1.165) is 0 Å². The predicted molar refractivity (Wildman–Crippen MR) is 133 cm³/mol. The van der Waals surface area contributed by atoms with Crippen LogP contribution in [0.2, 0.25) is 0 Å². The van der Waals surface area contributed by atoms with Gasteiger partial charge in [-0.3, -0.25) is 0 Å². The fourth-order valence-electron chi connectivity index (χ4n) is 3.32. The number of rotatable bonds is 11. The van der Waals surface area contributed by atoms with Gasteiger partial charge in [0, 0.05) is 29.8 Å². The number of nitrogens with two attached hydrogens (primary N) is 2. The molecule has 0 radical (unpaired) electrons. The highest BCUT2D eigenvalue weighted by atomic mass is 16.6. The molecule has 2 aromatic carbocycles. The van der Waals surface area contributed by atoms with Crippen LogP contribution in [0.5, 0.6) is 23.0 Å². The Kier molecular flexibility index (Phi) is 8.82. The van der Waals surface area contributed by atoms with Crippen LogP contribution in [0, 0.1) is 0 Å². The number of benzene rings is 2. The highest BCUT2D eigenvalue weighted by Gasteiger charge is 2.48. The van der Waals surface area contributed by atoms with Gasteiger partial charge in [-0.1, -0.05) is 0 Å². The Balaban J connectivity index is 2.33. The smallest absolute Gasteiger partial charge is 0.340 e. The van der Waals surface area contributed by atoms with E-state index in [1.165, 1.54) is 28.4 Å². The summed E-state index contributed by atoms with van der Waals surface area (Å²) in [5, 5.41) is 0. The molecule has 10 nitrogen and oxygen atoms in total. The summed E-state index contributed by atoms with van der Waals surface area (Å²) in [5.74, 6) is -0.0774. The minimum Gasteiger partial charge on any atom is -0.497 e. The number of methoxy groups -OCH3 is 4. The fraction of sp³-hybridized carbons (Fsp3) is 0.462. The molecule has 0 heterocycles. The molecule has 0 atom stereocenters. The molecule has 4 N–H and O–H groups in total. The van der Waals surface area contributed by atoms with Crippen LogP contribution in [0.25, 0.3) is 0 Å². The van der Waals surface area contributed by atoms with Gasteiger partial charge < -0.3 is 39.9 Å². The van der Waals surface area contributed by atoms with Gasteiger partial charge in [0.05, 0.1) is 28.4 Å². The third kappa shape index (κ3) is 6.19. The lowest BCUT2D eigenvalue weighted by atomic mass is 9.94. The normalized spacial score (nSPS) is 11.9. The van der Waals surface area contributed by atoms with E-state index >= 15 is 0 Å². The van der Waals surface area contributed by atoms with Gasteiger partial charge >= 0.3 is 11.9 Å². The summed E-state index contributed by atoms with van der Waals surface area (Å²) < 4.78 is 32.6. The molecular weight excluding hydrogens is 468 g/mol. The summed E-state index contributed by atoms with van der Waals surface area (Å²) in [6, 6.07) is 10.1. The second kappa shape index (κ2) is 11.0. The SMILES string of the molecule is COc1cc(OC)cc(C(C)(C)OC(=O)C(N)(CN)C(=O)OC(C)(C)c2cc(OC)cc(OC)c2)c1. The van der Waals surface area contributed by atoms with E-state index < -0.39 is 35.2 Å². The average Bonchev–Trinajstić information content (AvgIpc) is 2.86. The van der Waals surface area contributed by atoms with Gasteiger partial charge in [0.25, 0.3) is 0 Å². The van der Waals surface area contributed by atoms with Gasteiger partial charge in [-0.2, -0.15) is 0 Å². The van der Waals surface area contributed by atoms with Crippen molar-refractivity contribution in [2.45, 2.75) is 44.4 Å². The van der Waals surface area contributed by atoms with Crippen LogP contribution < -0.4 is 30.4 Å². The van der Waals surface area contributed by atoms with Crippen molar-refractivity contribution in [2.24, 2.45) is 11.5 Å². The molecule has 0 aliphatic rings. The van der Waals surface area contributed by atoms with Crippen LogP contribution >= 0.6 is 0 Å². The molecule has 0 unspecified atom stereocenters. The largest absolute Gasteiger partial charge is 0.497 e. The number of hydrogen-bond donors (Lipinski definition) is 2. The van der Waals surface area contributed by atoms with Gasteiger partial charge in [-0.05, 0) is 52.0 Å². The number of esters is 2. The summed E-state index contributed by atoms with van der Waals surface area (Å²) >= 11 is 0. The lowest BCUT2D eigenvalue weighted by Gasteiger charge is -2.34. The van der Waals surface area contributed by atoms with Crippen LogP contribution in [-0.2, 0) is 30.3 Å². The van der Waals surface area contributed by atoms with Gasteiger partial charge in [0.15, 0.2) is 0 Å². The molecule has 36 heavy (non-hydrogen) atoms. The van der Waals surface area contributed by atoms with Gasteiger partial charge in [0.2, 0.25) is 5.54 Å². The third-order valence-electron chi connectivity index (χ3n) is 5.84. The number of hydrogen-bond acceptors (Lipinski definition) is 10. The first-order valence-corrected chi connectivity index (χ1v) is 11.2.